The van der Waals surface area contributed by atoms with Crippen molar-refractivity contribution in [1.29, 1.82) is 0 Å². The van der Waals surface area contributed by atoms with Crippen molar-refractivity contribution in [1.82, 2.24) is 4.90 Å². The second-order valence-corrected chi connectivity index (χ2v) is 9.64. The first-order chi connectivity index (χ1) is 11.8. The molecule has 1 amide bonds. The van der Waals surface area contributed by atoms with E-state index < -0.39 is 36.7 Å². The highest BCUT2D eigenvalue weighted by Crippen LogP contribution is 2.52. The van der Waals surface area contributed by atoms with Crippen LogP contribution in [0.5, 0.6) is 0 Å². The first kappa shape index (κ1) is 22.9. The quantitative estimate of drug-likeness (QED) is 0.527. The average Bonchev–Trinajstić information content (AvgIpc) is 2.95. The van der Waals surface area contributed by atoms with Crippen LogP contribution >= 0.6 is 7.60 Å². The van der Waals surface area contributed by atoms with Gasteiger partial charge in [0, 0.05) is 6.54 Å². The summed E-state index contributed by atoms with van der Waals surface area (Å²) in [6.45, 7) is 9.17. The van der Waals surface area contributed by atoms with Crippen LogP contribution in [-0.4, -0.2) is 58.2 Å². The Morgan fingerprint density at radius 3 is 2.12 bits per heavy atom. The lowest BCUT2D eigenvalue weighted by molar-refractivity contribution is -0.145. The van der Waals surface area contributed by atoms with E-state index in [0.29, 0.717) is 19.3 Å². The van der Waals surface area contributed by atoms with Gasteiger partial charge in [-0.1, -0.05) is 13.8 Å². The second-order valence-electron chi connectivity index (χ2n) is 8.00. The number of esters is 1. The smallest absolute Gasteiger partial charge is 0.411 e. The fraction of sp³-hybridized carbons (Fsp3) is 0.882. The van der Waals surface area contributed by atoms with Crippen LogP contribution in [0.15, 0.2) is 0 Å². The van der Waals surface area contributed by atoms with Gasteiger partial charge >= 0.3 is 19.7 Å². The molecular weight excluding hydrogens is 361 g/mol. The Kier molecular flexibility index (Phi) is 7.30. The number of rotatable bonds is 6. The van der Waals surface area contributed by atoms with Gasteiger partial charge in [-0.2, -0.15) is 0 Å². The van der Waals surface area contributed by atoms with E-state index in [2.05, 4.69) is 0 Å². The van der Waals surface area contributed by atoms with Gasteiger partial charge in [0.25, 0.3) is 0 Å². The van der Waals surface area contributed by atoms with E-state index >= 15 is 0 Å². The van der Waals surface area contributed by atoms with Crippen molar-refractivity contribution in [2.75, 3.05) is 19.8 Å². The van der Waals surface area contributed by atoms with Gasteiger partial charge in [-0.05, 0) is 51.4 Å². The lowest BCUT2D eigenvalue weighted by atomic mass is 9.71. The zero-order valence-electron chi connectivity index (χ0n) is 16.5. The van der Waals surface area contributed by atoms with Gasteiger partial charge in [0.05, 0.1) is 13.3 Å². The topological polar surface area (TPSA) is 113 Å². The number of nitrogens with zero attached hydrogens (tertiary/aromatic N) is 1. The predicted molar refractivity (Wildman–Crippen MR) is 96.8 cm³/mol. The standard InChI is InChI=1S/C17H32NO7P/c1-7-17(8-2,11-26(21,22)23)12-9-13(14(19)24-6)18(10-12)15(20)25-16(3,4)5/h12-13H,7-11H2,1-6H3,(H2,21,22,23). The molecule has 9 heteroatoms. The van der Waals surface area contributed by atoms with Crippen molar-refractivity contribution in [2.24, 2.45) is 11.3 Å². The Morgan fingerprint density at radius 2 is 1.73 bits per heavy atom. The summed E-state index contributed by atoms with van der Waals surface area (Å²) < 4.78 is 21.9. The molecule has 1 fully saturated rings. The maximum atomic E-state index is 12.6. The number of carbonyl (C=O) groups excluding carboxylic acids is 2. The summed E-state index contributed by atoms with van der Waals surface area (Å²) >= 11 is 0. The Labute approximate surface area is 155 Å². The molecule has 2 unspecified atom stereocenters. The van der Waals surface area contributed by atoms with Crippen molar-refractivity contribution in [2.45, 2.75) is 65.5 Å². The summed E-state index contributed by atoms with van der Waals surface area (Å²) in [5, 5.41) is 0. The molecule has 2 atom stereocenters. The minimum atomic E-state index is -4.25. The molecule has 0 aromatic heterocycles. The number of amides is 1. The number of hydrogen-bond donors (Lipinski definition) is 2. The Morgan fingerprint density at radius 1 is 1.19 bits per heavy atom. The molecule has 1 aliphatic heterocycles. The molecule has 26 heavy (non-hydrogen) atoms. The van der Waals surface area contributed by atoms with Gasteiger partial charge in [-0.15, -0.1) is 0 Å². The molecule has 2 N–H and O–H groups in total. The minimum absolute atomic E-state index is 0.205. The largest absolute Gasteiger partial charge is 0.467 e. The third-order valence-electron chi connectivity index (χ3n) is 5.20. The van der Waals surface area contributed by atoms with E-state index in [4.69, 9.17) is 9.47 Å². The highest BCUT2D eigenvalue weighted by atomic mass is 31.2. The van der Waals surface area contributed by atoms with Gasteiger partial charge in [0.2, 0.25) is 0 Å². The molecule has 0 aromatic rings. The fourth-order valence-electron chi connectivity index (χ4n) is 3.75. The maximum Gasteiger partial charge on any atom is 0.411 e. The Hall–Kier alpha value is -1.11. The van der Waals surface area contributed by atoms with E-state index in [1.54, 1.807) is 20.8 Å². The number of methoxy groups -OCH3 is 1. The Balaban J connectivity index is 3.17. The van der Waals surface area contributed by atoms with Crippen LogP contribution in [-0.2, 0) is 18.8 Å². The highest BCUT2D eigenvalue weighted by Gasteiger charge is 2.50. The Bertz CT molecular complexity index is 562. The van der Waals surface area contributed by atoms with Gasteiger partial charge in [0.15, 0.2) is 0 Å². The molecule has 1 heterocycles. The van der Waals surface area contributed by atoms with Crippen LogP contribution in [0.1, 0.15) is 53.9 Å². The second kappa shape index (κ2) is 8.28. The van der Waals surface area contributed by atoms with Crippen LogP contribution < -0.4 is 0 Å². The molecule has 0 radical (unpaired) electrons. The molecular formula is C17H32NO7P. The van der Waals surface area contributed by atoms with Crippen molar-refractivity contribution in [3.8, 4) is 0 Å². The van der Waals surface area contributed by atoms with E-state index in [1.807, 2.05) is 13.8 Å². The summed E-state index contributed by atoms with van der Waals surface area (Å²) in [7, 11) is -3.00. The zero-order chi connectivity index (χ0) is 20.3. The number of ether oxygens (including phenoxy) is 2. The fourth-order valence-corrected chi connectivity index (χ4v) is 5.28. The third-order valence-corrected chi connectivity index (χ3v) is 6.24. The normalized spacial score (nSPS) is 21.6. The number of carbonyl (C=O) groups is 2. The lowest BCUT2D eigenvalue weighted by Gasteiger charge is -2.37. The summed E-state index contributed by atoms with van der Waals surface area (Å²) in [5.74, 6) is -0.780. The summed E-state index contributed by atoms with van der Waals surface area (Å²) in [6.07, 6.45) is 0.485. The minimum Gasteiger partial charge on any atom is -0.467 e. The van der Waals surface area contributed by atoms with E-state index in [9.17, 15) is 23.9 Å². The van der Waals surface area contributed by atoms with Gasteiger partial charge in [0.1, 0.15) is 11.6 Å². The van der Waals surface area contributed by atoms with Crippen LogP contribution in [0.25, 0.3) is 0 Å². The first-order valence-electron chi connectivity index (χ1n) is 8.90. The van der Waals surface area contributed by atoms with Gasteiger partial charge < -0.3 is 19.3 Å². The number of likely N-dealkylation sites (tertiary alicyclic amines) is 1. The zero-order valence-corrected chi connectivity index (χ0v) is 17.4. The number of hydrogen-bond acceptors (Lipinski definition) is 5. The monoisotopic (exact) mass is 393 g/mol. The molecule has 0 bridgehead atoms. The molecule has 1 saturated heterocycles. The predicted octanol–water partition coefficient (Wildman–Crippen LogP) is 2.77. The molecule has 1 aliphatic rings. The van der Waals surface area contributed by atoms with E-state index in [0.717, 1.165) is 0 Å². The summed E-state index contributed by atoms with van der Waals surface area (Å²) in [5.41, 5.74) is -1.38. The summed E-state index contributed by atoms with van der Waals surface area (Å²) in [6, 6.07) is -0.811. The first-order valence-corrected chi connectivity index (χ1v) is 10.7. The van der Waals surface area contributed by atoms with Crippen LogP contribution in [0, 0.1) is 11.3 Å². The van der Waals surface area contributed by atoms with Gasteiger partial charge in [-0.25, -0.2) is 9.59 Å². The van der Waals surface area contributed by atoms with Crippen molar-refractivity contribution in [3.63, 3.8) is 0 Å². The van der Waals surface area contributed by atoms with E-state index in [-0.39, 0.29) is 18.6 Å². The van der Waals surface area contributed by atoms with Crippen LogP contribution in [0.2, 0.25) is 0 Å². The summed E-state index contributed by atoms with van der Waals surface area (Å²) in [4.78, 5) is 45.2. The van der Waals surface area contributed by atoms with E-state index in [1.165, 1.54) is 12.0 Å². The highest BCUT2D eigenvalue weighted by molar-refractivity contribution is 7.51. The molecule has 0 saturated carbocycles. The van der Waals surface area contributed by atoms with Crippen molar-refractivity contribution >= 4 is 19.7 Å². The molecule has 0 spiro atoms. The van der Waals surface area contributed by atoms with Crippen molar-refractivity contribution < 1.29 is 33.4 Å². The third kappa shape index (κ3) is 5.69. The molecule has 0 aromatic carbocycles. The maximum absolute atomic E-state index is 12.6. The average molecular weight is 393 g/mol. The molecule has 0 aliphatic carbocycles. The molecule has 1 rings (SSSR count). The lowest BCUT2D eigenvalue weighted by Crippen LogP contribution is -2.44. The van der Waals surface area contributed by atoms with Crippen LogP contribution in [0.3, 0.4) is 0 Å². The van der Waals surface area contributed by atoms with Crippen LogP contribution in [0.4, 0.5) is 4.79 Å². The molecule has 152 valence electrons. The molecule has 8 nitrogen and oxygen atoms in total. The van der Waals surface area contributed by atoms with Gasteiger partial charge in [-0.3, -0.25) is 9.46 Å². The van der Waals surface area contributed by atoms with Crippen molar-refractivity contribution in [3.05, 3.63) is 0 Å². The SMILES string of the molecule is CCC(CC)(CP(=O)(O)O)C1CC(C(=O)OC)N(C(=O)OC(C)(C)C)C1.